The Kier molecular flexibility index (Phi) is 3.29. The molecule has 2 aromatic heterocycles. The highest BCUT2D eigenvalue weighted by atomic mass is 15.0. The molecule has 0 saturated heterocycles. The first-order valence-electron chi connectivity index (χ1n) is 7.05. The third-order valence-electron chi connectivity index (χ3n) is 3.65. The summed E-state index contributed by atoms with van der Waals surface area (Å²) in [6, 6.07) is 8.15. The van der Waals surface area contributed by atoms with Gasteiger partial charge in [0.1, 0.15) is 11.6 Å². The number of nitrogens with zero attached hydrogens (tertiary/aromatic N) is 3. The molecule has 0 aliphatic heterocycles. The van der Waals surface area contributed by atoms with Gasteiger partial charge in [-0.25, -0.2) is 9.97 Å². The summed E-state index contributed by atoms with van der Waals surface area (Å²) >= 11 is 0. The highest BCUT2D eigenvalue weighted by molar-refractivity contribution is 5.96. The van der Waals surface area contributed by atoms with Crippen molar-refractivity contribution in [2.75, 3.05) is 5.73 Å². The number of fused-ring (bicyclic) bond motifs is 1. The first-order valence-corrected chi connectivity index (χ1v) is 7.05. The van der Waals surface area contributed by atoms with Gasteiger partial charge in [-0.15, -0.1) is 0 Å². The molecule has 0 bridgehead atoms. The second kappa shape index (κ2) is 5.13. The summed E-state index contributed by atoms with van der Waals surface area (Å²) in [5.41, 5.74) is 8.98. The van der Waals surface area contributed by atoms with Crippen molar-refractivity contribution in [1.29, 1.82) is 0 Å². The van der Waals surface area contributed by atoms with Crippen LogP contribution in [0.25, 0.3) is 22.0 Å². The summed E-state index contributed by atoms with van der Waals surface area (Å²) in [6.07, 6.45) is 3.66. The van der Waals surface area contributed by atoms with E-state index in [0.717, 1.165) is 33.4 Å². The van der Waals surface area contributed by atoms with E-state index in [1.54, 1.807) is 6.20 Å². The van der Waals surface area contributed by atoms with Gasteiger partial charge in [-0.3, -0.25) is 4.98 Å². The largest absolute Gasteiger partial charge is 0.383 e. The van der Waals surface area contributed by atoms with Crippen molar-refractivity contribution in [1.82, 2.24) is 15.0 Å². The number of aromatic nitrogens is 3. The zero-order valence-electron chi connectivity index (χ0n) is 12.5. The number of hydrogen-bond donors (Lipinski definition) is 1. The normalized spacial score (nSPS) is 11.2. The van der Waals surface area contributed by atoms with Crippen molar-refractivity contribution >= 4 is 16.6 Å². The van der Waals surface area contributed by atoms with Gasteiger partial charge < -0.3 is 5.73 Å². The number of anilines is 1. The van der Waals surface area contributed by atoms with Crippen LogP contribution in [0.2, 0.25) is 0 Å². The third kappa shape index (κ3) is 2.33. The van der Waals surface area contributed by atoms with Crippen molar-refractivity contribution < 1.29 is 0 Å². The molecule has 2 N–H and O–H groups in total. The molecule has 0 saturated carbocycles. The Morgan fingerprint density at radius 1 is 1.10 bits per heavy atom. The van der Waals surface area contributed by atoms with Gasteiger partial charge in [0, 0.05) is 34.8 Å². The lowest BCUT2D eigenvalue weighted by molar-refractivity contribution is 0.776. The second-order valence-electron chi connectivity index (χ2n) is 5.50. The Hall–Kier alpha value is -2.49. The summed E-state index contributed by atoms with van der Waals surface area (Å²) in [4.78, 5) is 13.3. The van der Waals surface area contributed by atoms with E-state index in [4.69, 9.17) is 10.7 Å². The second-order valence-corrected chi connectivity index (χ2v) is 5.50. The van der Waals surface area contributed by atoms with Crippen LogP contribution in [-0.4, -0.2) is 15.0 Å². The standard InChI is InChI=1S/C17H18N4/c1-10(2)17-20-15(11(3)16(18)21-17)14-6-4-5-12-9-19-8-7-13(12)14/h4-10H,1-3H3,(H2,18,20,21). The molecule has 2 heterocycles. The van der Waals surface area contributed by atoms with Crippen molar-refractivity contribution in [3.05, 3.63) is 48.0 Å². The minimum Gasteiger partial charge on any atom is -0.383 e. The number of rotatable bonds is 2. The van der Waals surface area contributed by atoms with Crippen LogP contribution in [0.5, 0.6) is 0 Å². The molecule has 3 aromatic rings. The smallest absolute Gasteiger partial charge is 0.133 e. The lowest BCUT2D eigenvalue weighted by Gasteiger charge is -2.13. The minimum absolute atomic E-state index is 0.239. The monoisotopic (exact) mass is 278 g/mol. The first-order chi connectivity index (χ1) is 10.1. The van der Waals surface area contributed by atoms with Crippen molar-refractivity contribution in [2.24, 2.45) is 0 Å². The Bertz CT molecular complexity index is 804. The molecule has 4 nitrogen and oxygen atoms in total. The van der Waals surface area contributed by atoms with Gasteiger partial charge in [0.15, 0.2) is 0 Å². The fourth-order valence-corrected chi connectivity index (χ4v) is 2.40. The van der Waals surface area contributed by atoms with Crippen LogP contribution in [0.15, 0.2) is 36.7 Å². The molecule has 0 atom stereocenters. The SMILES string of the molecule is Cc1c(N)nc(C(C)C)nc1-c1cccc2cnccc12. The summed E-state index contributed by atoms with van der Waals surface area (Å²) in [6.45, 7) is 6.11. The van der Waals surface area contributed by atoms with E-state index < -0.39 is 0 Å². The van der Waals surface area contributed by atoms with E-state index >= 15 is 0 Å². The van der Waals surface area contributed by atoms with Crippen LogP contribution in [0.3, 0.4) is 0 Å². The predicted octanol–water partition coefficient (Wildman–Crippen LogP) is 3.71. The van der Waals surface area contributed by atoms with Crippen molar-refractivity contribution in [3.8, 4) is 11.3 Å². The summed E-state index contributed by atoms with van der Waals surface area (Å²) in [7, 11) is 0. The van der Waals surface area contributed by atoms with Gasteiger partial charge in [-0.05, 0) is 18.4 Å². The first kappa shape index (κ1) is 13.5. The average Bonchev–Trinajstić information content (AvgIpc) is 2.49. The molecule has 0 amide bonds. The zero-order chi connectivity index (χ0) is 15.0. The Labute approximate surface area is 124 Å². The number of pyridine rings is 1. The molecule has 0 aliphatic carbocycles. The molecule has 0 fully saturated rings. The topological polar surface area (TPSA) is 64.7 Å². The zero-order valence-corrected chi connectivity index (χ0v) is 12.5. The molecule has 0 spiro atoms. The van der Waals surface area contributed by atoms with Gasteiger partial charge in [-0.1, -0.05) is 32.0 Å². The highest BCUT2D eigenvalue weighted by Gasteiger charge is 2.14. The number of nitrogens with two attached hydrogens (primary N) is 1. The van der Waals surface area contributed by atoms with Crippen LogP contribution in [-0.2, 0) is 0 Å². The Morgan fingerprint density at radius 2 is 1.90 bits per heavy atom. The molecule has 0 radical (unpaired) electrons. The van der Waals surface area contributed by atoms with Gasteiger partial charge in [-0.2, -0.15) is 0 Å². The molecule has 3 rings (SSSR count). The predicted molar refractivity (Wildman–Crippen MR) is 86.0 cm³/mol. The Morgan fingerprint density at radius 3 is 2.67 bits per heavy atom. The highest BCUT2D eigenvalue weighted by Crippen LogP contribution is 2.31. The van der Waals surface area contributed by atoms with Crippen molar-refractivity contribution in [2.45, 2.75) is 26.7 Å². The van der Waals surface area contributed by atoms with Crippen LogP contribution < -0.4 is 5.73 Å². The van der Waals surface area contributed by atoms with E-state index in [1.807, 2.05) is 25.3 Å². The molecule has 1 aromatic carbocycles. The van der Waals surface area contributed by atoms with E-state index in [0.29, 0.717) is 5.82 Å². The van der Waals surface area contributed by atoms with E-state index in [2.05, 4.69) is 35.9 Å². The molecule has 0 aliphatic rings. The quantitative estimate of drug-likeness (QED) is 0.776. The van der Waals surface area contributed by atoms with Crippen LogP contribution in [0.1, 0.15) is 31.2 Å². The van der Waals surface area contributed by atoms with E-state index in [9.17, 15) is 0 Å². The fraction of sp³-hybridized carbons (Fsp3) is 0.235. The molecule has 106 valence electrons. The molecule has 0 unspecified atom stereocenters. The lowest BCUT2D eigenvalue weighted by atomic mass is 10.0. The summed E-state index contributed by atoms with van der Waals surface area (Å²) in [5.74, 6) is 1.57. The summed E-state index contributed by atoms with van der Waals surface area (Å²) in [5, 5.41) is 2.22. The van der Waals surface area contributed by atoms with E-state index in [-0.39, 0.29) is 5.92 Å². The molecule has 21 heavy (non-hydrogen) atoms. The summed E-state index contributed by atoms with van der Waals surface area (Å²) < 4.78 is 0. The van der Waals surface area contributed by atoms with E-state index in [1.165, 1.54) is 0 Å². The maximum Gasteiger partial charge on any atom is 0.133 e. The number of benzene rings is 1. The molecular weight excluding hydrogens is 260 g/mol. The van der Waals surface area contributed by atoms with Crippen molar-refractivity contribution in [3.63, 3.8) is 0 Å². The maximum atomic E-state index is 6.08. The Balaban J connectivity index is 2.32. The number of hydrogen-bond acceptors (Lipinski definition) is 4. The van der Waals surface area contributed by atoms with Crippen LogP contribution >= 0.6 is 0 Å². The van der Waals surface area contributed by atoms with Gasteiger partial charge in [0.05, 0.1) is 5.69 Å². The lowest BCUT2D eigenvalue weighted by Crippen LogP contribution is -2.06. The minimum atomic E-state index is 0.239. The third-order valence-corrected chi connectivity index (χ3v) is 3.65. The van der Waals surface area contributed by atoms with Gasteiger partial charge in [0.25, 0.3) is 0 Å². The van der Waals surface area contributed by atoms with Crippen LogP contribution in [0, 0.1) is 6.92 Å². The van der Waals surface area contributed by atoms with Gasteiger partial charge in [0.2, 0.25) is 0 Å². The van der Waals surface area contributed by atoms with Gasteiger partial charge >= 0.3 is 0 Å². The maximum absolute atomic E-state index is 6.08. The average molecular weight is 278 g/mol. The molecular formula is C17H18N4. The van der Waals surface area contributed by atoms with Crippen LogP contribution in [0.4, 0.5) is 5.82 Å². The molecule has 4 heteroatoms. The number of nitrogen functional groups attached to an aromatic ring is 1. The fourth-order valence-electron chi connectivity index (χ4n) is 2.40.